The number of carbonyl (C=O) groups excluding carboxylic acids is 1. The molecule has 4 aliphatic rings. The minimum absolute atomic E-state index is 0.0243. The predicted molar refractivity (Wildman–Crippen MR) is 80.8 cm³/mol. The Balaban J connectivity index is 1.52. The van der Waals surface area contributed by atoms with Crippen LogP contribution in [-0.4, -0.2) is 12.5 Å². The van der Waals surface area contributed by atoms with Crippen molar-refractivity contribution in [3.05, 3.63) is 0 Å². The molecule has 0 aromatic carbocycles. The number of rotatable bonds is 4. The number of hydrogen-bond acceptors (Lipinski definition) is 2. The maximum Gasteiger partial charge on any atom is 0.240 e. The average Bonchev–Trinajstić information content (AvgIpc) is 2.31. The molecule has 0 radical (unpaired) electrons. The second-order valence-corrected chi connectivity index (χ2v) is 8.89. The van der Waals surface area contributed by atoms with E-state index in [0.29, 0.717) is 5.41 Å². The molecule has 0 atom stereocenters. The third-order valence-electron chi connectivity index (χ3n) is 5.72. The summed E-state index contributed by atoms with van der Waals surface area (Å²) in [7, 11) is 0. The first-order valence-corrected chi connectivity index (χ1v) is 8.40. The van der Waals surface area contributed by atoms with Crippen LogP contribution in [0.2, 0.25) is 0 Å². The minimum atomic E-state index is -0.0243. The highest BCUT2D eigenvalue weighted by molar-refractivity contribution is 5.82. The molecule has 20 heavy (non-hydrogen) atoms. The van der Waals surface area contributed by atoms with Gasteiger partial charge in [0, 0.05) is 6.54 Å². The monoisotopic (exact) mass is 278 g/mol. The Labute approximate surface area is 123 Å². The van der Waals surface area contributed by atoms with Crippen LogP contribution in [0.3, 0.4) is 0 Å². The largest absolute Gasteiger partial charge is 0.291 e. The van der Waals surface area contributed by atoms with Crippen LogP contribution in [0.15, 0.2) is 0 Å². The first kappa shape index (κ1) is 14.4. The van der Waals surface area contributed by atoms with Crippen molar-refractivity contribution in [1.82, 2.24) is 10.9 Å². The summed E-state index contributed by atoms with van der Waals surface area (Å²) in [6, 6.07) is 0. The van der Waals surface area contributed by atoms with E-state index in [1.807, 2.05) is 0 Å². The van der Waals surface area contributed by atoms with Gasteiger partial charge in [-0.1, -0.05) is 20.8 Å². The van der Waals surface area contributed by atoms with E-state index >= 15 is 0 Å². The molecule has 4 aliphatic carbocycles. The van der Waals surface area contributed by atoms with E-state index < -0.39 is 0 Å². The van der Waals surface area contributed by atoms with Crippen molar-refractivity contribution >= 4 is 5.91 Å². The lowest BCUT2D eigenvalue weighted by Crippen LogP contribution is -2.56. The Kier molecular flexibility index (Phi) is 3.60. The lowest BCUT2D eigenvalue weighted by Gasteiger charge is -2.55. The van der Waals surface area contributed by atoms with Crippen LogP contribution < -0.4 is 10.9 Å². The molecule has 3 nitrogen and oxygen atoms in total. The SMILES string of the molecule is CC(C)(C)CCNNC(=O)C12CC3CC(CC(C3)C1)C2. The number of hydrazine groups is 1. The van der Waals surface area contributed by atoms with Crippen molar-refractivity contribution in [1.29, 1.82) is 0 Å². The Morgan fingerprint density at radius 3 is 2.00 bits per heavy atom. The van der Waals surface area contributed by atoms with Crippen LogP contribution in [0.4, 0.5) is 0 Å². The van der Waals surface area contributed by atoms with Crippen LogP contribution >= 0.6 is 0 Å². The van der Waals surface area contributed by atoms with Crippen molar-refractivity contribution in [2.75, 3.05) is 6.54 Å². The quantitative estimate of drug-likeness (QED) is 0.612. The van der Waals surface area contributed by atoms with Crippen LogP contribution in [0, 0.1) is 28.6 Å². The molecular weight excluding hydrogens is 248 g/mol. The summed E-state index contributed by atoms with van der Waals surface area (Å²) in [5.74, 6) is 2.79. The Hall–Kier alpha value is -0.570. The van der Waals surface area contributed by atoms with Gasteiger partial charge in [0.2, 0.25) is 5.91 Å². The van der Waals surface area contributed by atoms with Gasteiger partial charge in [0.15, 0.2) is 0 Å². The van der Waals surface area contributed by atoms with E-state index in [-0.39, 0.29) is 11.3 Å². The van der Waals surface area contributed by atoms with Crippen molar-refractivity contribution in [2.24, 2.45) is 28.6 Å². The molecule has 114 valence electrons. The van der Waals surface area contributed by atoms with Gasteiger partial charge >= 0.3 is 0 Å². The summed E-state index contributed by atoms with van der Waals surface area (Å²) < 4.78 is 0. The van der Waals surface area contributed by atoms with Crippen LogP contribution in [0.1, 0.15) is 65.7 Å². The van der Waals surface area contributed by atoms with Gasteiger partial charge in [-0.25, -0.2) is 5.43 Å². The second kappa shape index (κ2) is 5.01. The molecular formula is C17H30N2O. The minimum Gasteiger partial charge on any atom is -0.291 e. The molecule has 1 amide bonds. The van der Waals surface area contributed by atoms with Crippen molar-refractivity contribution in [3.8, 4) is 0 Å². The van der Waals surface area contributed by atoms with Gasteiger partial charge < -0.3 is 0 Å². The van der Waals surface area contributed by atoms with Crippen molar-refractivity contribution < 1.29 is 4.79 Å². The van der Waals surface area contributed by atoms with Crippen molar-refractivity contribution in [2.45, 2.75) is 65.7 Å². The zero-order valence-corrected chi connectivity index (χ0v) is 13.3. The molecule has 0 aromatic heterocycles. The van der Waals surface area contributed by atoms with Gasteiger partial charge in [0.25, 0.3) is 0 Å². The number of amides is 1. The first-order valence-electron chi connectivity index (χ1n) is 8.40. The molecule has 0 saturated heterocycles. The molecule has 4 bridgehead atoms. The number of hydrogen-bond donors (Lipinski definition) is 2. The fourth-order valence-corrected chi connectivity index (χ4v) is 5.10. The average molecular weight is 278 g/mol. The lowest BCUT2D eigenvalue weighted by atomic mass is 9.49. The van der Waals surface area contributed by atoms with Gasteiger partial charge in [-0.3, -0.25) is 10.2 Å². The summed E-state index contributed by atoms with van der Waals surface area (Å²) in [6.07, 6.45) is 8.69. The maximum absolute atomic E-state index is 12.6. The van der Waals surface area contributed by atoms with E-state index in [1.54, 1.807) is 0 Å². The molecule has 0 unspecified atom stereocenters. The molecule has 4 rings (SSSR count). The summed E-state index contributed by atoms with van der Waals surface area (Å²) in [5.41, 5.74) is 6.48. The Morgan fingerprint density at radius 1 is 1.05 bits per heavy atom. The second-order valence-electron chi connectivity index (χ2n) is 8.89. The number of nitrogens with one attached hydrogen (secondary N) is 2. The smallest absolute Gasteiger partial charge is 0.240 e. The molecule has 3 heteroatoms. The highest BCUT2D eigenvalue weighted by Crippen LogP contribution is 2.59. The van der Waals surface area contributed by atoms with Crippen LogP contribution in [0.5, 0.6) is 0 Å². The van der Waals surface area contributed by atoms with Gasteiger partial charge in [0.1, 0.15) is 0 Å². The summed E-state index contributed by atoms with van der Waals surface area (Å²) in [5, 5.41) is 0. The molecule has 0 aliphatic heterocycles. The summed E-state index contributed by atoms with van der Waals surface area (Å²) >= 11 is 0. The molecule has 4 saturated carbocycles. The Bertz CT molecular complexity index is 348. The summed E-state index contributed by atoms with van der Waals surface area (Å²) in [6.45, 7) is 7.56. The number of carbonyl (C=O) groups is 1. The van der Waals surface area contributed by atoms with E-state index in [9.17, 15) is 4.79 Å². The molecule has 0 aromatic rings. The third-order valence-corrected chi connectivity index (χ3v) is 5.72. The van der Waals surface area contributed by atoms with Gasteiger partial charge in [-0.15, -0.1) is 0 Å². The third kappa shape index (κ3) is 2.88. The predicted octanol–water partition coefficient (Wildman–Crippen LogP) is 3.26. The zero-order chi connectivity index (χ0) is 14.4. The van der Waals surface area contributed by atoms with Gasteiger partial charge in [0.05, 0.1) is 5.41 Å². The maximum atomic E-state index is 12.6. The van der Waals surface area contributed by atoms with Crippen LogP contribution in [-0.2, 0) is 4.79 Å². The lowest BCUT2D eigenvalue weighted by molar-refractivity contribution is -0.147. The van der Waals surface area contributed by atoms with Crippen molar-refractivity contribution in [3.63, 3.8) is 0 Å². The molecule has 2 N–H and O–H groups in total. The Morgan fingerprint density at radius 2 is 1.55 bits per heavy atom. The van der Waals surface area contributed by atoms with Gasteiger partial charge in [-0.05, 0) is 68.1 Å². The standard InChI is InChI=1S/C17H30N2O/c1-16(2,3)4-5-18-19-15(20)17-9-12-6-13(10-17)8-14(7-12)11-17/h12-14,18H,4-11H2,1-3H3,(H,19,20). The molecule has 0 spiro atoms. The highest BCUT2D eigenvalue weighted by Gasteiger charge is 2.54. The van der Waals surface area contributed by atoms with E-state index in [1.165, 1.54) is 19.3 Å². The highest BCUT2D eigenvalue weighted by atomic mass is 16.2. The van der Waals surface area contributed by atoms with Crippen LogP contribution in [0.25, 0.3) is 0 Å². The van der Waals surface area contributed by atoms with Gasteiger partial charge in [-0.2, -0.15) is 0 Å². The normalized spacial score (nSPS) is 39.0. The van der Waals surface area contributed by atoms with E-state index in [0.717, 1.165) is 50.0 Å². The first-order chi connectivity index (χ1) is 9.36. The summed E-state index contributed by atoms with van der Waals surface area (Å²) in [4.78, 5) is 12.6. The zero-order valence-electron chi connectivity index (χ0n) is 13.3. The topological polar surface area (TPSA) is 41.1 Å². The molecule has 4 fully saturated rings. The van der Waals surface area contributed by atoms with E-state index in [2.05, 4.69) is 31.6 Å². The molecule has 0 heterocycles. The van der Waals surface area contributed by atoms with E-state index in [4.69, 9.17) is 0 Å². The fourth-order valence-electron chi connectivity index (χ4n) is 5.10. The fraction of sp³-hybridized carbons (Fsp3) is 0.941.